The first-order valence-electron chi connectivity index (χ1n) is 6.29. The highest BCUT2D eigenvalue weighted by Crippen LogP contribution is 2.16. The lowest BCUT2D eigenvalue weighted by molar-refractivity contribution is 0.210. The Bertz CT molecular complexity index is 605. The Kier molecular flexibility index (Phi) is 3.20. The fourth-order valence-corrected chi connectivity index (χ4v) is 1.94. The molecule has 2 aromatic heterocycles. The maximum absolute atomic E-state index is 10.5. The standard InChI is InChI=1S/C12H14N6O2/c19-12(20)16-10-5-15-18(8-10)7-9-4-14-11(6-13-9)17-2-1-3-17/h4-6,8,16H,1-3,7H2,(H,19,20). The number of aromatic nitrogens is 4. The van der Waals surface area contributed by atoms with Crippen LogP contribution < -0.4 is 10.2 Å². The van der Waals surface area contributed by atoms with Crippen molar-refractivity contribution in [2.24, 2.45) is 0 Å². The molecule has 0 spiro atoms. The van der Waals surface area contributed by atoms with Crippen molar-refractivity contribution < 1.29 is 9.90 Å². The second-order valence-electron chi connectivity index (χ2n) is 4.56. The number of anilines is 2. The molecule has 3 rings (SSSR count). The third-order valence-electron chi connectivity index (χ3n) is 3.08. The van der Waals surface area contributed by atoms with E-state index in [1.54, 1.807) is 23.3 Å². The number of nitrogens with zero attached hydrogens (tertiary/aromatic N) is 5. The van der Waals surface area contributed by atoms with Crippen LogP contribution in [0.3, 0.4) is 0 Å². The highest BCUT2D eigenvalue weighted by molar-refractivity contribution is 5.82. The second kappa shape index (κ2) is 5.16. The van der Waals surface area contributed by atoms with Crippen molar-refractivity contribution in [2.75, 3.05) is 23.3 Å². The molecule has 0 saturated carbocycles. The molecule has 1 aliphatic rings. The van der Waals surface area contributed by atoms with Crippen molar-refractivity contribution in [1.82, 2.24) is 19.7 Å². The third-order valence-corrected chi connectivity index (χ3v) is 3.08. The zero-order valence-electron chi connectivity index (χ0n) is 10.7. The SMILES string of the molecule is O=C(O)Nc1cnn(Cc2cnc(N3CCC3)cn2)c1. The summed E-state index contributed by atoms with van der Waals surface area (Å²) in [4.78, 5) is 21.4. The first-order valence-corrected chi connectivity index (χ1v) is 6.29. The van der Waals surface area contributed by atoms with E-state index in [1.807, 2.05) is 0 Å². The van der Waals surface area contributed by atoms with E-state index in [-0.39, 0.29) is 0 Å². The summed E-state index contributed by atoms with van der Waals surface area (Å²) < 4.78 is 1.61. The van der Waals surface area contributed by atoms with Gasteiger partial charge in [-0.15, -0.1) is 0 Å². The normalized spacial score (nSPS) is 13.9. The maximum atomic E-state index is 10.5. The summed E-state index contributed by atoms with van der Waals surface area (Å²) in [5, 5.41) is 14.9. The van der Waals surface area contributed by atoms with Gasteiger partial charge in [0.05, 0.1) is 36.5 Å². The smallest absolute Gasteiger partial charge is 0.409 e. The van der Waals surface area contributed by atoms with Gasteiger partial charge in [0.15, 0.2) is 0 Å². The first-order chi connectivity index (χ1) is 9.70. The van der Waals surface area contributed by atoms with Gasteiger partial charge in [0, 0.05) is 19.3 Å². The zero-order valence-corrected chi connectivity index (χ0v) is 10.7. The molecule has 0 aliphatic carbocycles. The molecule has 0 atom stereocenters. The predicted octanol–water partition coefficient (Wildman–Crippen LogP) is 1.02. The average molecular weight is 274 g/mol. The Morgan fingerprint density at radius 3 is 2.75 bits per heavy atom. The number of hydrogen-bond donors (Lipinski definition) is 2. The van der Waals surface area contributed by atoms with Gasteiger partial charge in [-0.05, 0) is 6.42 Å². The molecular weight excluding hydrogens is 260 g/mol. The summed E-state index contributed by atoms with van der Waals surface area (Å²) >= 11 is 0. The van der Waals surface area contributed by atoms with E-state index < -0.39 is 6.09 Å². The molecule has 0 unspecified atom stereocenters. The zero-order chi connectivity index (χ0) is 13.9. The van der Waals surface area contributed by atoms with E-state index in [2.05, 4.69) is 25.3 Å². The minimum absolute atomic E-state index is 0.433. The van der Waals surface area contributed by atoms with Crippen LogP contribution in [0.15, 0.2) is 24.8 Å². The number of carboxylic acid groups (broad SMARTS) is 1. The van der Waals surface area contributed by atoms with E-state index in [0.29, 0.717) is 12.2 Å². The summed E-state index contributed by atoms with van der Waals surface area (Å²) in [5.74, 6) is 0.897. The molecule has 2 N–H and O–H groups in total. The van der Waals surface area contributed by atoms with Gasteiger partial charge in [0.2, 0.25) is 0 Å². The van der Waals surface area contributed by atoms with Crippen LogP contribution in [0.4, 0.5) is 16.3 Å². The summed E-state index contributed by atoms with van der Waals surface area (Å²) in [7, 11) is 0. The van der Waals surface area contributed by atoms with Crippen molar-refractivity contribution in [3.63, 3.8) is 0 Å². The van der Waals surface area contributed by atoms with E-state index >= 15 is 0 Å². The summed E-state index contributed by atoms with van der Waals surface area (Å²) in [6.45, 7) is 2.53. The van der Waals surface area contributed by atoms with Crippen LogP contribution in [0.2, 0.25) is 0 Å². The minimum Gasteiger partial charge on any atom is -0.465 e. The van der Waals surface area contributed by atoms with E-state index in [1.165, 1.54) is 12.6 Å². The van der Waals surface area contributed by atoms with Crippen molar-refractivity contribution in [3.05, 3.63) is 30.5 Å². The van der Waals surface area contributed by atoms with Crippen LogP contribution in [0.1, 0.15) is 12.1 Å². The molecule has 0 radical (unpaired) electrons. The summed E-state index contributed by atoms with van der Waals surface area (Å²) in [6, 6.07) is 0. The first kappa shape index (κ1) is 12.4. The van der Waals surface area contributed by atoms with E-state index in [4.69, 9.17) is 5.11 Å². The fraction of sp³-hybridized carbons (Fsp3) is 0.333. The highest BCUT2D eigenvalue weighted by Gasteiger charge is 2.15. The van der Waals surface area contributed by atoms with Crippen molar-refractivity contribution in [1.29, 1.82) is 0 Å². The summed E-state index contributed by atoms with van der Waals surface area (Å²) in [6.07, 6.45) is 6.64. The Morgan fingerprint density at radius 1 is 1.30 bits per heavy atom. The third kappa shape index (κ3) is 2.68. The predicted molar refractivity (Wildman–Crippen MR) is 71.8 cm³/mol. The van der Waals surface area contributed by atoms with Gasteiger partial charge in [0.25, 0.3) is 0 Å². The molecule has 20 heavy (non-hydrogen) atoms. The number of hydrogen-bond acceptors (Lipinski definition) is 5. The number of nitrogens with one attached hydrogen (secondary N) is 1. The largest absolute Gasteiger partial charge is 0.465 e. The second-order valence-corrected chi connectivity index (χ2v) is 4.56. The van der Waals surface area contributed by atoms with Crippen molar-refractivity contribution in [3.8, 4) is 0 Å². The Balaban J connectivity index is 1.64. The molecule has 104 valence electrons. The van der Waals surface area contributed by atoms with Gasteiger partial charge in [-0.1, -0.05) is 0 Å². The molecule has 1 fully saturated rings. The Labute approximate surface area is 115 Å². The van der Waals surface area contributed by atoms with E-state index in [9.17, 15) is 4.79 Å². The lowest BCUT2D eigenvalue weighted by Crippen LogP contribution is -2.37. The lowest BCUT2D eigenvalue weighted by atomic mass is 10.2. The number of carbonyl (C=O) groups is 1. The molecule has 8 nitrogen and oxygen atoms in total. The van der Waals surface area contributed by atoms with Gasteiger partial charge in [0.1, 0.15) is 5.82 Å². The average Bonchev–Trinajstić information content (AvgIpc) is 2.76. The monoisotopic (exact) mass is 274 g/mol. The minimum atomic E-state index is -1.11. The highest BCUT2D eigenvalue weighted by atomic mass is 16.4. The molecule has 3 heterocycles. The lowest BCUT2D eigenvalue weighted by Gasteiger charge is -2.31. The van der Waals surface area contributed by atoms with Crippen molar-refractivity contribution in [2.45, 2.75) is 13.0 Å². The van der Waals surface area contributed by atoms with Crippen LogP contribution in [-0.4, -0.2) is 44.0 Å². The fourth-order valence-electron chi connectivity index (χ4n) is 1.94. The molecule has 1 amide bonds. The number of rotatable bonds is 4. The molecule has 1 saturated heterocycles. The van der Waals surface area contributed by atoms with Crippen molar-refractivity contribution >= 4 is 17.6 Å². The molecule has 0 aromatic carbocycles. The van der Waals surface area contributed by atoms with Crippen LogP contribution >= 0.6 is 0 Å². The maximum Gasteiger partial charge on any atom is 0.409 e. The van der Waals surface area contributed by atoms with Crippen LogP contribution in [0.25, 0.3) is 0 Å². The topological polar surface area (TPSA) is 96.2 Å². The van der Waals surface area contributed by atoms with Crippen LogP contribution in [-0.2, 0) is 6.54 Å². The molecular formula is C12H14N6O2. The molecule has 1 aliphatic heterocycles. The van der Waals surface area contributed by atoms with E-state index in [0.717, 1.165) is 24.6 Å². The van der Waals surface area contributed by atoms with Gasteiger partial charge in [-0.25, -0.2) is 9.78 Å². The molecule has 8 heteroatoms. The Morgan fingerprint density at radius 2 is 2.15 bits per heavy atom. The van der Waals surface area contributed by atoms with Gasteiger partial charge < -0.3 is 10.0 Å². The van der Waals surface area contributed by atoms with Crippen LogP contribution in [0, 0.1) is 0 Å². The summed E-state index contributed by atoms with van der Waals surface area (Å²) in [5.41, 5.74) is 1.21. The number of amides is 1. The van der Waals surface area contributed by atoms with Gasteiger partial charge in [-0.2, -0.15) is 5.10 Å². The van der Waals surface area contributed by atoms with Crippen LogP contribution in [0.5, 0.6) is 0 Å². The Hall–Kier alpha value is -2.64. The van der Waals surface area contributed by atoms with Gasteiger partial charge >= 0.3 is 6.09 Å². The molecule has 2 aromatic rings. The molecule has 0 bridgehead atoms. The van der Waals surface area contributed by atoms with Gasteiger partial charge in [-0.3, -0.25) is 15.0 Å². The quantitative estimate of drug-likeness (QED) is 0.864.